The molecule has 0 aliphatic carbocycles. The largest absolute Gasteiger partial charge is 0.696 e. The number of nitrogens with zero attached hydrogens (tertiary/aromatic N) is 1. The average molecular weight is 336 g/mol. The van der Waals surface area contributed by atoms with Gasteiger partial charge in [-0.2, -0.15) is 0 Å². The third-order valence-electron chi connectivity index (χ3n) is 3.37. The first-order chi connectivity index (χ1) is 11.0. The predicted octanol–water partition coefficient (Wildman–Crippen LogP) is 4.52. The SMILES string of the molecule is CCCCCCOc1ccc(C(C)=O)c(O)c1CCC.N#C[S-]. The zero-order valence-corrected chi connectivity index (χ0v) is 15.0. The highest BCUT2D eigenvalue weighted by Gasteiger charge is 2.15. The molecule has 23 heavy (non-hydrogen) atoms. The van der Waals surface area contributed by atoms with E-state index < -0.39 is 0 Å². The Morgan fingerprint density at radius 3 is 2.43 bits per heavy atom. The second kappa shape index (κ2) is 12.7. The van der Waals surface area contributed by atoms with Crippen molar-refractivity contribution in [1.82, 2.24) is 0 Å². The van der Waals surface area contributed by atoms with Crippen molar-refractivity contribution in [3.8, 4) is 16.9 Å². The van der Waals surface area contributed by atoms with Crippen LogP contribution in [0.4, 0.5) is 0 Å². The first-order valence-corrected chi connectivity index (χ1v) is 8.43. The van der Waals surface area contributed by atoms with Gasteiger partial charge in [-0.25, -0.2) is 5.26 Å². The van der Waals surface area contributed by atoms with Crippen LogP contribution in [-0.2, 0) is 19.0 Å². The molecule has 128 valence electrons. The fourth-order valence-corrected chi connectivity index (χ4v) is 2.24. The lowest BCUT2D eigenvalue weighted by Gasteiger charge is -2.14. The van der Waals surface area contributed by atoms with Crippen molar-refractivity contribution in [2.24, 2.45) is 0 Å². The van der Waals surface area contributed by atoms with Gasteiger partial charge in [-0.3, -0.25) is 4.79 Å². The lowest BCUT2D eigenvalue weighted by Crippen LogP contribution is -2.03. The minimum absolute atomic E-state index is 0.0883. The van der Waals surface area contributed by atoms with E-state index >= 15 is 0 Å². The molecule has 1 aromatic rings. The number of carbonyl (C=O) groups excluding carboxylic acids is 1. The maximum Gasteiger partial charge on any atom is 0.163 e. The minimum atomic E-state index is -0.116. The molecule has 0 saturated carbocycles. The quantitative estimate of drug-likeness (QED) is 0.311. The molecule has 0 radical (unpaired) electrons. The summed E-state index contributed by atoms with van der Waals surface area (Å²) in [6.07, 6.45) is 6.24. The van der Waals surface area contributed by atoms with Crippen molar-refractivity contribution >= 4 is 18.4 Å². The summed E-state index contributed by atoms with van der Waals surface area (Å²) >= 11 is 3.70. The normalized spacial score (nSPS) is 9.48. The number of hydrogen-bond donors (Lipinski definition) is 1. The molecule has 0 fully saturated rings. The number of aromatic hydroxyl groups is 1. The van der Waals surface area contributed by atoms with Crippen LogP contribution in [0.15, 0.2) is 12.1 Å². The molecular weight excluding hydrogens is 310 g/mol. The highest BCUT2D eigenvalue weighted by atomic mass is 32.1. The fraction of sp³-hybridized carbons (Fsp3) is 0.556. The molecule has 0 aromatic heterocycles. The molecule has 1 N–H and O–H groups in total. The summed E-state index contributed by atoms with van der Waals surface area (Å²) in [7, 11) is 0. The Bertz CT molecular complexity index is 524. The van der Waals surface area contributed by atoms with Gasteiger partial charge in [0.2, 0.25) is 0 Å². The Balaban J connectivity index is 0.00000149. The van der Waals surface area contributed by atoms with E-state index in [0.717, 1.165) is 31.2 Å². The Hall–Kier alpha value is -1.80. The molecule has 0 aliphatic rings. The topological polar surface area (TPSA) is 70.3 Å². The zero-order valence-electron chi connectivity index (χ0n) is 14.2. The van der Waals surface area contributed by atoms with Crippen LogP contribution in [0.2, 0.25) is 0 Å². The number of ketones is 1. The maximum absolute atomic E-state index is 11.5. The molecule has 0 bridgehead atoms. The number of Topliss-reactive ketones (excluding diaryl/α,β-unsaturated/α-hetero) is 1. The van der Waals surface area contributed by atoms with Gasteiger partial charge in [0, 0.05) is 5.56 Å². The predicted molar refractivity (Wildman–Crippen MR) is 94.7 cm³/mol. The molecular formula is C18H26NO3S-. The summed E-state index contributed by atoms with van der Waals surface area (Å²) in [4.78, 5) is 11.5. The van der Waals surface area contributed by atoms with Crippen molar-refractivity contribution in [2.75, 3.05) is 6.61 Å². The number of phenolic OH excluding ortho intramolecular Hbond substituents is 1. The van der Waals surface area contributed by atoms with Crippen LogP contribution in [0.1, 0.15) is 68.8 Å². The van der Waals surface area contributed by atoms with E-state index in [2.05, 4.69) is 19.6 Å². The van der Waals surface area contributed by atoms with Gasteiger partial charge in [0.25, 0.3) is 0 Å². The zero-order chi connectivity index (χ0) is 17.7. The summed E-state index contributed by atoms with van der Waals surface area (Å²) in [5.41, 5.74) is 1.14. The number of hydrogen-bond acceptors (Lipinski definition) is 5. The minimum Gasteiger partial charge on any atom is -0.696 e. The summed E-state index contributed by atoms with van der Waals surface area (Å²) in [5.74, 6) is 0.686. The van der Waals surface area contributed by atoms with Gasteiger partial charge in [-0.1, -0.05) is 44.9 Å². The Morgan fingerprint density at radius 1 is 1.26 bits per heavy atom. The van der Waals surface area contributed by atoms with Gasteiger partial charge in [0.1, 0.15) is 11.5 Å². The smallest absolute Gasteiger partial charge is 0.163 e. The number of nitriles is 1. The molecule has 0 unspecified atom stereocenters. The van der Waals surface area contributed by atoms with E-state index in [1.54, 1.807) is 12.1 Å². The van der Waals surface area contributed by atoms with Crippen LogP contribution in [0.25, 0.3) is 0 Å². The third kappa shape index (κ3) is 7.85. The monoisotopic (exact) mass is 336 g/mol. The van der Waals surface area contributed by atoms with Gasteiger partial charge < -0.3 is 22.5 Å². The Labute approximate surface area is 144 Å². The highest BCUT2D eigenvalue weighted by Crippen LogP contribution is 2.33. The second-order valence-corrected chi connectivity index (χ2v) is 5.43. The number of ether oxygens (including phenoxy) is 1. The molecule has 5 heteroatoms. The molecule has 4 nitrogen and oxygen atoms in total. The third-order valence-corrected chi connectivity index (χ3v) is 3.37. The number of rotatable bonds is 9. The van der Waals surface area contributed by atoms with Gasteiger partial charge in [0.15, 0.2) is 5.78 Å². The number of unbranched alkanes of at least 4 members (excludes halogenated alkanes) is 3. The van der Waals surface area contributed by atoms with E-state index in [-0.39, 0.29) is 11.5 Å². The van der Waals surface area contributed by atoms with Crippen molar-refractivity contribution < 1.29 is 14.6 Å². The maximum atomic E-state index is 11.5. The van der Waals surface area contributed by atoms with Gasteiger partial charge in [0.05, 0.1) is 12.2 Å². The molecule has 0 saturated heterocycles. The first-order valence-electron chi connectivity index (χ1n) is 8.03. The molecule has 0 atom stereocenters. The van der Waals surface area contributed by atoms with Crippen LogP contribution in [0.5, 0.6) is 11.5 Å². The summed E-state index contributed by atoms with van der Waals surface area (Å²) < 4.78 is 5.78. The van der Waals surface area contributed by atoms with Crippen LogP contribution < -0.4 is 4.74 Å². The lowest BCUT2D eigenvalue weighted by atomic mass is 10.0. The van der Waals surface area contributed by atoms with E-state index in [9.17, 15) is 9.90 Å². The van der Waals surface area contributed by atoms with Crippen LogP contribution >= 0.6 is 0 Å². The van der Waals surface area contributed by atoms with Crippen molar-refractivity contribution in [3.63, 3.8) is 0 Å². The lowest BCUT2D eigenvalue weighted by molar-refractivity contribution is 0.101. The van der Waals surface area contributed by atoms with Gasteiger partial charge >= 0.3 is 0 Å². The Morgan fingerprint density at radius 2 is 1.91 bits per heavy atom. The van der Waals surface area contributed by atoms with Crippen molar-refractivity contribution in [1.29, 1.82) is 5.26 Å². The van der Waals surface area contributed by atoms with Crippen LogP contribution in [0, 0.1) is 10.7 Å². The van der Waals surface area contributed by atoms with Crippen LogP contribution in [0.3, 0.4) is 0 Å². The average Bonchev–Trinajstić information content (AvgIpc) is 2.50. The summed E-state index contributed by atoms with van der Waals surface area (Å²) in [6, 6.07) is 3.46. The first kappa shape index (κ1) is 21.2. The van der Waals surface area contributed by atoms with E-state index in [0.29, 0.717) is 17.9 Å². The van der Waals surface area contributed by atoms with Crippen molar-refractivity contribution in [3.05, 3.63) is 23.3 Å². The number of carbonyl (C=O) groups is 1. The number of thiocyanates is 1. The molecule has 1 aromatic carbocycles. The second-order valence-electron chi connectivity index (χ2n) is 5.25. The van der Waals surface area contributed by atoms with Crippen molar-refractivity contribution in [2.45, 2.75) is 59.3 Å². The molecule has 0 spiro atoms. The highest BCUT2D eigenvalue weighted by molar-refractivity contribution is 7.64. The van der Waals surface area contributed by atoms with E-state index in [1.165, 1.54) is 25.2 Å². The fourth-order valence-electron chi connectivity index (χ4n) is 2.24. The Kier molecular flexibility index (Phi) is 11.7. The van der Waals surface area contributed by atoms with Gasteiger partial charge in [-0.15, -0.1) is 0 Å². The van der Waals surface area contributed by atoms with Gasteiger partial charge in [-0.05, 0) is 31.9 Å². The number of benzene rings is 1. The standard InChI is InChI=1S/C17H26O3.CHNS/c1-4-6-7-8-12-20-16-11-10-14(13(3)18)17(19)15(16)9-5-2;2-1-3/h10-11,19H,4-9,12H2,1-3H3;3H/p-1. The number of phenols is 1. The molecule has 0 aliphatic heterocycles. The van der Waals surface area contributed by atoms with E-state index in [1.807, 2.05) is 6.92 Å². The van der Waals surface area contributed by atoms with Crippen LogP contribution in [-0.4, -0.2) is 17.5 Å². The molecule has 0 heterocycles. The summed E-state index contributed by atoms with van der Waals surface area (Å²) in [6.45, 7) is 6.36. The summed E-state index contributed by atoms with van der Waals surface area (Å²) in [5, 5.41) is 18.7. The molecule has 0 amide bonds. The van der Waals surface area contributed by atoms with E-state index in [4.69, 9.17) is 10.00 Å². The molecule has 1 rings (SSSR count).